The van der Waals surface area contributed by atoms with Crippen molar-refractivity contribution in [1.82, 2.24) is 14.5 Å². The number of anilines is 1. The number of carboxylic acids is 1. The van der Waals surface area contributed by atoms with Crippen LogP contribution in [-0.4, -0.2) is 86.9 Å². The normalized spacial score (nSPS) is 17.5. The monoisotopic (exact) mass is 500 g/mol. The van der Waals surface area contributed by atoms with Gasteiger partial charge in [-0.15, -0.1) is 0 Å². The van der Waals surface area contributed by atoms with Crippen molar-refractivity contribution < 1.29 is 27.9 Å². The standard InChI is InChI=1S/C24H28N4O6S/c1-26-13-15-27(16-14-26)17-8-10-18(11-9-17)35(33,34)25-21(24(31)32)7-4-12-28-22(29)19-5-2-3-6-20(19)23(28)30/h2-3,5-6,8-11,21,25H,4,7,12-16H2,1H3,(H,31,32)/t21-/m1/s1. The van der Waals surface area contributed by atoms with Crippen LogP contribution in [0.1, 0.15) is 33.6 Å². The molecule has 10 nitrogen and oxygen atoms in total. The zero-order valence-corrected chi connectivity index (χ0v) is 20.2. The number of benzene rings is 2. The molecule has 0 unspecified atom stereocenters. The van der Waals surface area contributed by atoms with Crippen LogP contribution >= 0.6 is 0 Å². The number of piperazine rings is 1. The molecular weight excluding hydrogens is 472 g/mol. The number of rotatable bonds is 9. The Morgan fingerprint density at radius 2 is 1.54 bits per heavy atom. The maximum atomic E-state index is 12.8. The number of carbonyl (C=O) groups is 3. The van der Waals surface area contributed by atoms with Gasteiger partial charge < -0.3 is 14.9 Å². The first-order valence-corrected chi connectivity index (χ1v) is 12.9. The molecule has 4 rings (SSSR count). The molecule has 0 aromatic heterocycles. The fraction of sp³-hybridized carbons (Fsp3) is 0.375. The highest BCUT2D eigenvalue weighted by Gasteiger charge is 2.35. The molecule has 1 saturated heterocycles. The van der Waals surface area contributed by atoms with Crippen LogP contribution < -0.4 is 9.62 Å². The largest absolute Gasteiger partial charge is 0.480 e. The molecule has 2 aromatic carbocycles. The molecule has 2 aromatic rings. The van der Waals surface area contributed by atoms with E-state index < -0.39 is 33.8 Å². The summed E-state index contributed by atoms with van der Waals surface area (Å²) < 4.78 is 27.9. The molecule has 2 aliphatic heterocycles. The minimum Gasteiger partial charge on any atom is -0.480 e. The number of imide groups is 1. The highest BCUT2D eigenvalue weighted by Crippen LogP contribution is 2.23. The molecule has 0 saturated carbocycles. The SMILES string of the molecule is CN1CCN(c2ccc(S(=O)(=O)N[C@H](CCCN3C(=O)c4ccccc4C3=O)C(=O)O)cc2)CC1. The van der Waals surface area contributed by atoms with Crippen LogP contribution in [0.25, 0.3) is 0 Å². The van der Waals surface area contributed by atoms with Gasteiger partial charge in [0.15, 0.2) is 0 Å². The van der Waals surface area contributed by atoms with Gasteiger partial charge in [0.1, 0.15) is 6.04 Å². The molecule has 0 spiro atoms. The van der Waals surface area contributed by atoms with Crippen molar-refractivity contribution in [2.24, 2.45) is 0 Å². The lowest BCUT2D eigenvalue weighted by atomic mass is 10.1. The van der Waals surface area contributed by atoms with Crippen LogP contribution in [0.5, 0.6) is 0 Å². The van der Waals surface area contributed by atoms with Gasteiger partial charge >= 0.3 is 5.97 Å². The Morgan fingerprint density at radius 3 is 2.09 bits per heavy atom. The van der Waals surface area contributed by atoms with Gasteiger partial charge in [-0.1, -0.05) is 12.1 Å². The Bertz CT molecular complexity index is 1190. The van der Waals surface area contributed by atoms with Gasteiger partial charge in [-0.3, -0.25) is 19.3 Å². The average Bonchev–Trinajstić information content (AvgIpc) is 3.09. The van der Waals surface area contributed by atoms with E-state index in [1.807, 2.05) is 0 Å². The fourth-order valence-electron chi connectivity index (χ4n) is 4.28. The maximum Gasteiger partial charge on any atom is 0.321 e. The lowest BCUT2D eigenvalue weighted by Gasteiger charge is -2.34. The van der Waals surface area contributed by atoms with Crippen molar-refractivity contribution in [2.75, 3.05) is 44.7 Å². The number of hydrogen-bond donors (Lipinski definition) is 2. The van der Waals surface area contributed by atoms with E-state index in [0.717, 1.165) is 36.8 Å². The van der Waals surface area contributed by atoms with E-state index >= 15 is 0 Å². The van der Waals surface area contributed by atoms with Crippen molar-refractivity contribution >= 4 is 33.5 Å². The van der Waals surface area contributed by atoms with Gasteiger partial charge in [-0.2, -0.15) is 4.72 Å². The number of hydrogen-bond acceptors (Lipinski definition) is 7. The van der Waals surface area contributed by atoms with Crippen molar-refractivity contribution in [2.45, 2.75) is 23.8 Å². The number of sulfonamides is 1. The number of nitrogens with one attached hydrogen (secondary N) is 1. The third-order valence-corrected chi connectivity index (χ3v) is 7.85. The summed E-state index contributed by atoms with van der Waals surface area (Å²) in [5, 5.41) is 9.57. The summed E-state index contributed by atoms with van der Waals surface area (Å²) in [6.45, 7) is 3.52. The number of fused-ring (bicyclic) bond motifs is 1. The first-order chi connectivity index (χ1) is 16.7. The summed E-state index contributed by atoms with van der Waals surface area (Å²) in [6, 6.07) is 11.4. The Hall–Kier alpha value is -3.28. The second-order valence-electron chi connectivity index (χ2n) is 8.75. The van der Waals surface area contributed by atoms with Crippen LogP contribution in [0.2, 0.25) is 0 Å². The smallest absolute Gasteiger partial charge is 0.321 e. The first kappa shape index (κ1) is 24.8. The Balaban J connectivity index is 1.36. The molecule has 2 N–H and O–H groups in total. The van der Waals surface area contributed by atoms with Crippen LogP contribution in [0.3, 0.4) is 0 Å². The van der Waals surface area contributed by atoms with Gasteiger partial charge in [-0.05, 0) is 56.3 Å². The molecule has 0 radical (unpaired) electrons. The number of nitrogens with zero attached hydrogens (tertiary/aromatic N) is 3. The Labute approximate surface area is 204 Å². The van der Waals surface area contributed by atoms with Gasteiger partial charge in [0, 0.05) is 38.4 Å². The molecule has 1 fully saturated rings. The van der Waals surface area contributed by atoms with E-state index in [1.54, 1.807) is 36.4 Å². The third-order valence-electron chi connectivity index (χ3n) is 6.36. The van der Waals surface area contributed by atoms with Crippen molar-refractivity contribution in [3.05, 3.63) is 59.7 Å². The summed E-state index contributed by atoms with van der Waals surface area (Å²) in [5.74, 6) is -2.19. The summed E-state index contributed by atoms with van der Waals surface area (Å²) >= 11 is 0. The number of carbonyl (C=O) groups excluding carboxylic acids is 2. The second-order valence-corrected chi connectivity index (χ2v) is 10.5. The maximum absolute atomic E-state index is 12.8. The van der Waals surface area contributed by atoms with Crippen LogP contribution in [0.15, 0.2) is 53.4 Å². The van der Waals surface area contributed by atoms with E-state index in [9.17, 15) is 27.9 Å². The van der Waals surface area contributed by atoms with Gasteiger partial charge in [0.25, 0.3) is 11.8 Å². The summed E-state index contributed by atoms with van der Waals surface area (Å²) in [6.07, 6.45) is 0.0502. The average molecular weight is 501 g/mol. The van der Waals surface area contributed by atoms with Gasteiger partial charge in [-0.25, -0.2) is 8.42 Å². The number of likely N-dealkylation sites (N-methyl/N-ethyl adjacent to an activating group) is 1. The van der Waals surface area contributed by atoms with Gasteiger partial charge in [0.2, 0.25) is 10.0 Å². The van der Waals surface area contributed by atoms with E-state index in [2.05, 4.69) is 21.6 Å². The predicted octanol–water partition coefficient (Wildman–Crippen LogP) is 1.25. The molecule has 0 bridgehead atoms. The van der Waals surface area contributed by atoms with E-state index in [4.69, 9.17) is 0 Å². The van der Waals surface area contributed by atoms with E-state index in [0.29, 0.717) is 11.1 Å². The molecular formula is C24H28N4O6S. The van der Waals surface area contributed by atoms with Crippen LogP contribution in [0.4, 0.5) is 5.69 Å². The molecule has 35 heavy (non-hydrogen) atoms. The van der Waals surface area contributed by atoms with E-state index in [-0.39, 0.29) is 24.3 Å². The highest BCUT2D eigenvalue weighted by molar-refractivity contribution is 7.89. The fourth-order valence-corrected chi connectivity index (χ4v) is 5.51. The lowest BCUT2D eigenvalue weighted by Crippen LogP contribution is -2.44. The quantitative estimate of drug-likeness (QED) is 0.493. The molecule has 0 aliphatic carbocycles. The minimum atomic E-state index is -4.08. The van der Waals surface area contributed by atoms with Crippen molar-refractivity contribution in [1.29, 1.82) is 0 Å². The highest BCUT2D eigenvalue weighted by atomic mass is 32.2. The Morgan fingerprint density at radius 1 is 0.971 bits per heavy atom. The van der Waals surface area contributed by atoms with Crippen LogP contribution in [0, 0.1) is 0 Å². The van der Waals surface area contributed by atoms with Crippen LogP contribution in [-0.2, 0) is 14.8 Å². The molecule has 2 aliphatic rings. The molecule has 11 heteroatoms. The number of amides is 2. The van der Waals surface area contributed by atoms with Crippen molar-refractivity contribution in [3.63, 3.8) is 0 Å². The number of aliphatic carboxylic acids is 1. The zero-order chi connectivity index (χ0) is 25.2. The molecule has 1 atom stereocenters. The summed E-state index contributed by atoms with van der Waals surface area (Å²) in [4.78, 5) is 42.1. The molecule has 2 amide bonds. The Kier molecular flexibility index (Phi) is 7.20. The molecule has 186 valence electrons. The lowest BCUT2D eigenvalue weighted by molar-refractivity contribution is -0.139. The number of carboxylic acid groups (broad SMARTS) is 1. The third kappa shape index (κ3) is 5.37. The van der Waals surface area contributed by atoms with Gasteiger partial charge in [0.05, 0.1) is 16.0 Å². The minimum absolute atomic E-state index is 0.00241. The first-order valence-electron chi connectivity index (χ1n) is 11.4. The topological polar surface area (TPSA) is 127 Å². The van der Waals surface area contributed by atoms with E-state index in [1.165, 1.54) is 12.1 Å². The predicted molar refractivity (Wildman–Crippen MR) is 129 cm³/mol. The summed E-state index contributed by atoms with van der Waals surface area (Å²) in [7, 11) is -2.03. The summed E-state index contributed by atoms with van der Waals surface area (Å²) in [5.41, 5.74) is 1.54. The van der Waals surface area contributed by atoms with Crippen molar-refractivity contribution in [3.8, 4) is 0 Å². The molecule has 2 heterocycles. The zero-order valence-electron chi connectivity index (χ0n) is 19.4. The second kappa shape index (κ2) is 10.1.